The van der Waals surface area contributed by atoms with Gasteiger partial charge in [0.25, 0.3) is 0 Å². The average molecular weight is 686 g/mol. The van der Waals surface area contributed by atoms with Crippen molar-refractivity contribution in [3.63, 3.8) is 0 Å². The summed E-state index contributed by atoms with van der Waals surface area (Å²) in [7, 11) is 0. The van der Waals surface area contributed by atoms with Crippen molar-refractivity contribution in [2.45, 2.75) is 15.2 Å². The quantitative estimate of drug-likeness (QED) is 0.186. The largest absolute Gasteiger partial charge is 0.208 e. The van der Waals surface area contributed by atoms with Crippen molar-refractivity contribution in [2.24, 2.45) is 0 Å². The standard InChI is InChI=1S/C46H27N3S2/c1-3-14-28(15-4-1)43-47-44(29-16-5-2-6-17-29)49-45(48-43)33-21-13-20-32-40-39(51-41(32)33)27-26-37-42(40)50-38-25-12-11-24-36(38)46(37)34-22-9-7-18-30(34)31-19-8-10-23-35(31)46/h1-27H. The van der Waals surface area contributed by atoms with Crippen molar-refractivity contribution in [3.05, 3.63) is 186 Å². The van der Waals surface area contributed by atoms with Crippen molar-refractivity contribution in [2.75, 3.05) is 0 Å². The molecule has 1 spiro atoms. The Kier molecular flexibility index (Phi) is 6.27. The van der Waals surface area contributed by atoms with Crippen molar-refractivity contribution >= 4 is 43.3 Å². The number of aromatic nitrogens is 3. The molecular weight excluding hydrogens is 659 g/mol. The predicted molar refractivity (Wildman–Crippen MR) is 210 cm³/mol. The number of benzene rings is 7. The molecule has 0 radical (unpaired) electrons. The van der Waals surface area contributed by atoms with Gasteiger partial charge in [0.2, 0.25) is 0 Å². The van der Waals surface area contributed by atoms with E-state index >= 15 is 0 Å². The minimum Gasteiger partial charge on any atom is -0.208 e. The van der Waals surface area contributed by atoms with Crippen LogP contribution in [0.2, 0.25) is 0 Å². The molecule has 1 aliphatic carbocycles. The van der Waals surface area contributed by atoms with Crippen LogP contribution in [-0.2, 0) is 5.41 Å². The lowest BCUT2D eigenvalue weighted by Gasteiger charge is -2.40. The summed E-state index contributed by atoms with van der Waals surface area (Å²) in [6.45, 7) is 0. The highest BCUT2D eigenvalue weighted by atomic mass is 32.2. The van der Waals surface area contributed by atoms with Gasteiger partial charge in [-0.2, -0.15) is 0 Å². The molecule has 0 bridgehead atoms. The van der Waals surface area contributed by atoms with Gasteiger partial charge in [0, 0.05) is 46.7 Å². The van der Waals surface area contributed by atoms with Gasteiger partial charge in [-0.25, -0.2) is 15.0 Å². The number of hydrogen-bond acceptors (Lipinski definition) is 5. The molecule has 51 heavy (non-hydrogen) atoms. The summed E-state index contributed by atoms with van der Waals surface area (Å²) in [4.78, 5) is 17.8. The summed E-state index contributed by atoms with van der Waals surface area (Å²) in [6, 6.07) is 58.8. The third kappa shape index (κ3) is 4.10. The van der Waals surface area contributed by atoms with Crippen LogP contribution in [0.1, 0.15) is 22.3 Å². The van der Waals surface area contributed by atoms with Gasteiger partial charge in [0.05, 0.1) is 5.41 Å². The molecule has 11 rings (SSSR count). The van der Waals surface area contributed by atoms with Gasteiger partial charge in [0.1, 0.15) is 0 Å². The highest BCUT2D eigenvalue weighted by molar-refractivity contribution is 7.99. The maximum atomic E-state index is 5.12. The molecule has 0 saturated heterocycles. The summed E-state index contributed by atoms with van der Waals surface area (Å²) in [6.07, 6.45) is 0. The Bertz CT molecular complexity index is 2740. The Morgan fingerprint density at radius 3 is 1.63 bits per heavy atom. The summed E-state index contributed by atoms with van der Waals surface area (Å²) < 4.78 is 2.45. The Hall–Kier alpha value is -5.88. The molecular formula is C46H27N3S2. The molecule has 5 heteroatoms. The summed E-state index contributed by atoms with van der Waals surface area (Å²) in [5.41, 5.74) is 10.6. The lowest BCUT2D eigenvalue weighted by molar-refractivity contribution is 0.726. The van der Waals surface area contributed by atoms with E-state index in [1.54, 1.807) is 0 Å². The first kappa shape index (κ1) is 28.9. The van der Waals surface area contributed by atoms with E-state index in [-0.39, 0.29) is 0 Å². The van der Waals surface area contributed by atoms with E-state index in [2.05, 4.69) is 127 Å². The van der Waals surface area contributed by atoms with Crippen molar-refractivity contribution in [1.82, 2.24) is 15.0 Å². The van der Waals surface area contributed by atoms with Crippen LogP contribution in [0.3, 0.4) is 0 Å². The zero-order chi connectivity index (χ0) is 33.5. The zero-order valence-electron chi connectivity index (χ0n) is 27.2. The third-order valence-corrected chi connectivity index (χ3v) is 12.8. The molecule has 9 aromatic rings. The van der Waals surface area contributed by atoms with Crippen LogP contribution in [0.25, 0.3) is 65.5 Å². The van der Waals surface area contributed by atoms with E-state index in [9.17, 15) is 0 Å². The maximum Gasteiger partial charge on any atom is 0.165 e. The minimum absolute atomic E-state index is 0.409. The van der Waals surface area contributed by atoms with Gasteiger partial charge in [0.15, 0.2) is 17.5 Å². The van der Waals surface area contributed by atoms with Gasteiger partial charge in [-0.15, -0.1) is 11.3 Å². The maximum absolute atomic E-state index is 5.12. The van der Waals surface area contributed by atoms with Crippen LogP contribution in [0.15, 0.2) is 174 Å². The van der Waals surface area contributed by atoms with Crippen LogP contribution in [-0.4, -0.2) is 15.0 Å². The number of fused-ring (bicyclic) bond motifs is 13. The molecule has 3 nitrogen and oxygen atoms in total. The topological polar surface area (TPSA) is 38.7 Å². The Balaban J connectivity index is 1.19. The first-order valence-corrected chi connectivity index (χ1v) is 18.7. The fourth-order valence-corrected chi connectivity index (χ4v) is 10.9. The normalized spacial score (nSPS) is 13.6. The Labute approximate surface area is 303 Å². The fraction of sp³-hybridized carbons (Fsp3) is 0.0217. The third-order valence-electron chi connectivity index (χ3n) is 10.4. The van der Waals surface area contributed by atoms with E-state index in [0.29, 0.717) is 17.5 Å². The van der Waals surface area contributed by atoms with Crippen LogP contribution in [0.5, 0.6) is 0 Å². The fourth-order valence-electron chi connectivity index (χ4n) is 8.30. The van der Waals surface area contributed by atoms with Gasteiger partial charge in [-0.1, -0.05) is 157 Å². The van der Waals surface area contributed by atoms with Crippen LogP contribution in [0, 0.1) is 0 Å². The highest BCUT2D eigenvalue weighted by Crippen LogP contribution is 2.63. The highest BCUT2D eigenvalue weighted by Gasteiger charge is 2.50. The predicted octanol–water partition coefficient (Wildman–Crippen LogP) is 12.1. The van der Waals surface area contributed by atoms with Gasteiger partial charge in [-0.05, 0) is 51.6 Å². The smallest absolute Gasteiger partial charge is 0.165 e. The molecule has 2 aromatic heterocycles. The van der Waals surface area contributed by atoms with E-state index < -0.39 is 5.41 Å². The SMILES string of the molecule is c1ccc(-c2nc(-c3ccccc3)nc(-c3cccc4c3sc3ccc5c(c34)Sc3ccccc3C53c4ccccc4-c4ccccc43)n2)cc1. The Morgan fingerprint density at radius 1 is 0.412 bits per heavy atom. The zero-order valence-corrected chi connectivity index (χ0v) is 28.9. The molecule has 0 atom stereocenters. The van der Waals surface area contributed by atoms with E-state index in [0.717, 1.165) is 16.7 Å². The lowest BCUT2D eigenvalue weighted by atomic mass is 9.67. The molecule has 238 valence electrons. The van der Waals surface area contributed by atoms with Gasteiger partial charge < -0.3 is 0 Å². The summed E-state index contributed by atoms with van der Waals surface area (Å²) >= 11 is 3.74. The van der Waals surface area contributed by atoms with Gasteiger partial charge >= 0.3 is 0 Å². The minimum atomic E-state index is -0.409. The van der Waals surface area contributed by atoms with E-state index in [4.69, 9.17) is 15.0 Å². The molecule has 0 fully saturated rings. The molecule has 0 N–H and O–H groups in total. The second-order valence-electron chi connectivity index (χ2n) is 13.1. The molecule has 0 saturated carbocycles. The van der Waals surface area contributed by atoms with Crippen LogP contribution < -0.4 is 0 Å². The van der Waals surface area contributed by atoms with Crippen LogP contribution in [0.4, 0.5) is 0 Å². The number of rotatable bonds is 3. The molecule has 7 aromatic carbocycles. The first-order valence-electron chi connectivity index (χ1n) is 17.1. The number of hydrogen-bond donors (Lipinski definition) is 0. The molecule has 0 unspecified atom stereocenters. The monoisotopic (exact) mass is 685 g/mol. The molecule has 0 amide bonds. The molecule has 1 aliphatic heterocycles. The van der Waals surface area contributed by atoms with E-state index in [1.165, 1.54) is 63.3 Å². The summed E-state index contributed by atoms with van der Waals surface area (Å²) in [5, 5.41) is 2.53. The van der Waals surface area contributed by atoms with Crippen molar-refractivity contribution < 1.29 is 0 Å². The lowest BCUT2D eigenvalue weighted by Crippen LogP contribution is -2.31. The van der Waals surface area contributed by atoms with E-state index in [1.807, 2.05) is 59.5 Å². The second kappa shape index (κ2) is 11.1. The molecule has 2 aliphatic rings. The van der Waals surface area contributed by atoms with Crippen LogP contribution >= 0.6 is 23.1 Å². The number of thiophene rings is 1. The van der Waals surface area contributed by atoms with Crippen molar-refractivity contribution in [1.29, 1.82) is 0 Å². The van der Waals surface area contributed by atoms with Gasteiger partial charge in [-0.3, -0.25) is 0 Å². The summed E-state index contributed by atoms with van der Waals surface area (Å²) in [5.74, 6) is 2.02. The molecule has 3 heterocycles. The Morgan fingerprint density at radius 2 is 0.961 bits per heavy atom. The second-order valence-corrected chi connectivity index (χ2v) is 15.2. The van der Waals surface area contributed by atoms with Crippen molar-refractivity contribution in [3.8, 4) is 45.3 Å². The first-order chi connectivity index (χ1) is 25.3. The number of nitrogens with zero attached hydrogens (tertiary/aromatic N) is 3. The average Bonchev–Trinajstić information content (AvgIpc) is 3.73.